The monoisotopic (exact) mass is 285 g/mol. The van der Waals surface area contributed by atoms with E-state index < -0.39 is 26.8 Å². The molecule has 0 aliphatic heterocycles. The molecule has 2 heterocycles. The summed E-state index contributed by atoms with van der Waals surface area (Å²) in [6.45, 7) is 0.0991. The van der Waals surface area contributed by atoms with Crippen molar-refractivity contribution in [2.75, 3.05) is 7.05 Å². The molecule has 102 valence electrons. The topological polar surface area (TPSA) is 116 Å². The third-order valence-electron chi connectivity index (χ3n) is 2.42. The number of H-pyrrole nitrogens is 1. The van der Waals surface area contributed by atoms with Gasteiger partial charge in [0.25, 0.3) is 10.0 Å². The van der Waals surface area contributed by atoms with E-state index >= 15 is 0 Å². The van der Waals surface area contributed by atoms with E-state index in [2.05, 4.69) is 10.2 Å². The van der Waals surface area contributed by atoms with Gasteiger partial charge in [-0.1, -0.05) is 0 Å². The van der Waals surface area contributed by atoms with Gasteiger partial charge in [0, 0.05) is 25.4 Å². The third kappa shape index (κ3) is 2.66. The summed E-state index contributed by atoms with van der Waals surface area (Å²) in [6.07, 6.45) is 3.06. The smallest absolute Gasteiger partial charge is 0.371 e. The summed E-state index contributed by atoms with van der Waals surface area (Å²) in [5.41, 5.74) is 0.677. The van der Waals surface area contributed by atoms with Crippen molar-refractivity contribution in [3.8, 4) is 0 Å². The van der Waals surface area contributed by atoms with E-state index in [1.807, 2.05) is 0 Å². The molecule has 0 bridgehead atoms. The Kier molecular flexibility index (Phi) is 3.40. The number of carbonyl (C=O) groups is 1. The van der Waals surface area contributed by atoms with E-state index in [4.69, 9.17) is 9.52 Å². The molecule has 0 fully saturated rings. The van der Waals surface area contributed by atoms with Crippen LogP contribution in [0.5, 0.6) is 0 Å². The quantitative estimate of drug-likeness (QED) is 0.827. The summed E-state index contributed by atoms with van der Waals surface area (Å²) in [7, 11) is -2.50. The number of hydrogen-bond donors (Lipinski definition) is 2. The Morgan fingerprint density at radius 2 is 2.26 bits per heavy atom. The zero-order chi connectivity index (χ0) is 14.0. The molecule has 0 saturated heterocycles. The van der Waals surface area contributed by atoms with Gasteiger partial charge >= 0.3 is 5.97 Å². The number of carboxylic acid groups (broad SMARTS) is 1. The predicted molar refractivity (Wildman–Crippen MR) is 62.9 cm³/mol. The van der Waals surface area contributed by atoms with Gasteiger partial charge in [0.05, 0.1) is 6.20 Å². The van der Waals surface area contributed by atoms with Crippen LogP contribution in [-0.4, -0.2) is 41.0 Å². The molecule has 8 nitrogen and oxygen atoms in total. The Balaban J connectivity index is 2.23. The molecule has 0 amide bonds. The highest BCUT2D eigenvalue weighted by atomic mass is 32.2. The number of furan rings is 1. The van der Waals surface area contributed by atoms with Gasteiger partial charge in [0.2, 0.25) is 10.9 Å². The molecule has 2 aromatic heterocycles. The molecule has 0 aliphatic rings. The highest BCUT2D eigenvalue weighted by Gasteiger charge is 2.26. The number of aromatic nitrogens is 2. The fourth-order valence-electron chi connectivity index (χ4n) is 1.43. The lowest BCUT2D eigenvalue weighted by atomic mass is 10.4. The molecule has 2 aromatic rings. The minimum absolute atomic E-state index is 0.0991. The SMILES string of the molecule is CN(Cc1cn[nH]c1)S(=O)(=O)c1ccc(C(=O)O)o1. The van der Waals surface area contributed by atoms with Crippen LogP contribution in [0.15, 0.2) is 34.0 Å². The first kappa shape index (κ1) is 13.3. The van der Waals surface area contributed by atoms with Gasteiger partial charge in [0.1, 0.15) is 0 Å². The highest BCUT2D eigenvalue weighted by molar-refractivity contribution is 7.88. The molecule has 0 atom stereocenters. The summed E-state index contributed by atoms with van der Waals surface area (Å²) in [4.78, 5) is 10.7. The normalized spacial score (nSPS) is 11.9. The standard InChI is InChI=1S/C10H11N3O5S/c1-13(6-7-4-11-12-5-7)19(16,17)9-3-2-8(18-9)10(14)15/h2-5H,6H2,1H3,(H,11,12)(H,14,15). The molecular weight excluding hydrogens is 274 g/mol. The van der Waals surface area contributed by atoms with Gasteiger partial charge in [-0.15, -0.1) is 0 Å². The lowest BCUT2D eigenvalue weighted by molar-refractivity contribution is 0.0656. The predicted octanol–water partition coefficient (Wildman–Crippen LogP) is 0.522. The Morgan fingerprint density at radius 3 is 2.79 bits per heavy atom. The van der Waals surface area contributed by atoms with Crippen LogP contribution in [-0.2, 0) is 16.6 Å². The van der Waals surface area contributed by atoms with Crippen molar-refractivity contribution < 1.29 is 22.7 Å². The Labute approximate surface area is 108 Å². The second kappa shape index (κ2) is 4.86. The molecular formula is C10H11N3O5S. The summed E-state index contributed by atoms with van der Waals surface area (Å²) < 4.78 is 30.0. The van der Waals surface area contributed by atoms with Crippen LogP contribution in [0.25, 0.3) is 0 Å². The van der Waals surface area contributed by atoms with Crippen molar-refractivity contribution >= 4 is 16.0 Å². The van der Waals surface area contributed by atoms with Gasteiger partial charge < -0.3 is 9.52 Å². The van der Waals surface area contributed by atoms with Crippen molar-refractivity contribution in [2.24, 2.45) is 0 Å². The summed E-state index contributed by atoms with van der Waals surface area (Å²) in [6, 6.07) is 2.21. The average molecular weight is 285 g/mol. The maximum atomic E-state index is 12.1. The third-order valence-corrected chi connectivity index (χ3v) is 4.09. The van der Waals surface area contributed by atoms with Crippen molar-refractivity contribution in [1.29, 1.82) is 0 Å². The first-order valence-corrected chi connectivity index (χ1v) is 6.62. The fraction of sp³-hybridized carbons (Fsp3) is 0.200. The first-order chi connectivity index (χ1) is 8.91. The highest BCUT2D eigenvalue weighted by Crippen LogP contribution is 2.19. The number of rotatable bonds is 5. The van der Waals surface area contributed by atoms with Gasteiger partial charge in [0.15, 0.2) is 0 Å². The van der Waals surface area contributed by atoms with Crippen molar-refractivity contribution in [1.82, 2.24) is 14.5 Å². The zero-order valence-electron chi connectivity index (χ0n) is 9.90. The number of aromatic carboxylic acids is 1. The van der Waals surface area contributed by atoms with Crippen LogP contribution in [0.3, 0.4) is 0 Å². The molecule has 0 aromatic carbocycles. The maximum absolute atomic E-state index is 12.1. The van der Waals surface area contributed by atoms with Crippen molar-refractivity contribution in [3.63, 3.8) is 0 Å². The molecule has 0 unspecified atom stereocenters. The van der Waals surface area contributed by atoms with E-state index in [1.165, 1.54) is 13.2 Å². The number of sulfonamides is 1. The van der Waals surface area contributed by atoms with Crippen molar-refractivity contribution in [2.45, 2.75) is 11.6 Å². The van der Waals surface area contributed by atoms with Crippen LogP contribution in [0.1, 0.15) is 16.1 Å². The van der Waals surface area contributed by atoms with Crippen LogP contribution in [0, 0.1) is 0 Å². The summed E-state index contributed by atoms with van der Waals surface area (Å²) >= 11 is 0. The summed E-state index contributed by atoms with van der Waals surface area (Å²) in [5.74, 6) is -1.74. The lowest BCUT2D eigenvalue weighted by Crippen LogP contribution is -2.26. The van der Waals surface area contributed by atoms with E-state index in [0.717, 1.165) is 16.4 Å². The first-order valence-electron chi connectivity index (χ1n) is 5.18. The van der Waals surface area contributed by atoms with Crippen molar-refractivity contribution in [3.05, 3.63) is 35.9 Å². The van der Waals surface area contributed by atoms with Crippen LogP contribution < -0.4 is 0 Å². The molecule has 0 saturated carbocycles. The van der Waals surface area contributed by atoms with Gasteiger partial charge in [-0.25, -0.2) is 13.2 Å². The molecule has 19 heavy (non-hydrogen) atoms. The van der Waals surface area contributed by atoms with E-state index in [1.54, 1.807) is 6.20 Å². The Hall–Kier alpha value is -2.13. The molecule has 2 N–H and O–H groups in total. The van der Waals surface area contributed by atoms with E-state index in [9.17, 15) is 13.2 Å². The van der Waals surface area contributed by atoms with Crippen LogP contribution in [0.4, 0.5) is 0 Å². The van der Waals surface area contributed by atoms with Gasteiger partial charge in [-0.2, -0.15) is 9.40 Å². The second-order valence-electron chi connectivity index (χ2n) is 3.79. The largest absolute Gasteiger partial charge is 0.475 e. The molecule has 0 spiro atoms. The number of nitrogens with zero attached hydrogens (tertiary/aromatic N) is 2. The van der Waals surface area contributed by atoms with Crippen LogP contribution in [0.2, 0.25) is 0 Å². The number of nitrogens with one attached hydrogen (secondary N) is 1. The molecule has 9 heteroatoms. The van der Waals surface area contributed by atoms with Gasteiger partial charge in [-0.05, 0) is 12.1 Å². The molecule has 0 aliphatic carbocycles. The fourth-order valence-corrected chi connectivity index (χ4v) is 2.49. The van der Waals surface area contributed by atoms with Crippen LogP contribution >= 0.6 is 0 Å². The molecule has 2 rings (SSSR count). The Morgan fingerprint density at radius 1 is 1.53 bits per heavy atom. The Bertz CT molecular complexity index is 674. The number of aromatic amines is 1. The van der Waals surface area contributed by atoms with E-state index in [0.29, 0.717) is 5.56 Å². The maximum Gasteiger partial charge on any atom is 0.371 e. The lowest BCUT2D eigenvalue weighted by Gasteiger charge is -2.13. The number of hydrogen-bond acceptors (Lipinski definition) is 5. The summed E-state index contributed by atoms with van der Waals surface area (Å²) in [5, 5.41) is 14.6. The second-order valence-corrected chi connectivity index (χ2v) is 5.77. The average Bonchev–Trinajstić information content (AvgIpc) is 2.99. The van der Waals surface area contributed by atoms with Gasteiger partial charge in [-0.3, -0.25) is 5.10 Å². The number of carboxylic acids is 1. The zero-order valence-corrected chi connectivity index (χ0v) is 10.7. The van der Waals surface area contributed by atoms with E-state index in [-0.39, 0.29) is 6.54 Å². The molecule has 0 radical (unpaired) electrons. The minimum atomic E-state index is -3.87. The minimum Gasteiger partial charge on any atom is -0.475 e.